The first kappa shape index (κ1) is 21.7. The summed E-state index contributed by atoms with van der Waals surface area (Å²) in [6, 6.07) is 12.9. The summed E-state index contributed by atoms with van der Waals surface area (Å²) < 4.78 is 25.5. The van der Waals surface area contributed by atoms with Gasteiger partial charge in [-0.15, -0.1) is 0 Å². The Bertz CT molecular complexity index is 1240. The molecule has 0 spiro atoms. The lowest BCUT2D eigenvalue weighted by Crippen LogP contribution is -2.54. The molecule has 5 rings (SSSR count). The normalized spacial score (nSPS) is 23.0. The van der Waals surface area contributed by atoms with Crippen LogP contribution in [0.25, 0.3) is 16.9 Å². The van der Waals surface area contributed by atoms with Crippen molar-refractivity contribution in [3.63, 3.8) is 0 Å². The van der Waals surface area contributed by atoms with Crippen LogP contribution in [0.15, 0.2) is 61.1 Å². The molecular formula is C23H25N5O4S. The Labute approximate surface area is 192 Å². The van der Waals surface area contributed by atoms with Gasteiger partial charge < -0.3 is 10.0 Å². The first-order chi connectivity index (χ1) is 15.9. The first-order valence-electron chi connectivity index (χ1n) is 10.9. The van der Waals surface area contributed by atoms with E-state index in [4.69, 9.17) is 0 Å². The number of amides is 1. The second-order valence-corrected chi connectivity index (χ2v) is 10.6. The molecule has 2 fully saturated rings. The standard InChI is InChI=1S/C23H25N5O4S/c29-21-16-33(31,32)15-20(21)26-9-11-27(12-10-26)23(30)19-14-28(18-6-2-1-3-7-18)25-22(19)17-5-4-8-24-13-17/h1-8,13-14,20-21,29H,9-12,15-16H2. The Morgan fingerprint density at radius 3 is 2.39 bits per heavy atom. The summed E-state index contributed by atoms with van der Waals surface area (Å²) in [4.78, 5) is 21.4. The van der Waals surface area contributed by atoms with Gasteiger partial charge in [-0.05, 0) is 24.3 Å². The number of hydrogen-bond donors (Lipinski definition) is 1. The average molecular weight is 468 g/mol. The molecule has 3 aromatic rings. The van der Waals surface area contributed by atoms with E-state index in [1.54, 1.807) is 28.2 Å². The number of para-hydroxylation sites is 1. The molecule has 1 aromatic carbocycles. The van der Waals surface area contributed by atoms with Crippen molar-refractivity contribution in [1.82, 2.24) is 24.6 Å². The van der Waals surface area contributed by atoms with Gasteiger partial charge in [-0.2, -0.15) is 5.10 Å². The number of benzene rings is 1. The minimum atomic E-state index is -3.22. The molecule has 2 aliphatic rings. The van der Waals surface area contributed by atoms with Gasteiger partial charge in [0.25, 0.3) is 5.91 Å². The second-order valence-electron chi connectivity index (χ2n) is 8.45. The lowest BCUT2D eigenvalue weighted by Gasteiger charge is -2.38. The zero-order valence-corrected chi connectivity index (χ0v) is 18.8. The van der Waals surface area contributed by atoms with Gasteiger partial charge in [-0.1, -0.05) is 18.2 Å². The van der Waals surface area contributed by atoms with Crippen molar-refractivity contribution in [1.29, 1.82) is 0 Å². The Hall–Kier alpha value is -3.08. The van der Waals surface area contributed by atoms with E-state index in [1.807, 2.05) is 47.4 Å². The zero-order chi connectivity index (χ0) is 23.0. The lowest BCUT2D eigenvalue weighted by molar-refractivity contribution is 0.0377. The van der Waals surface area contributed by atoms with Crippen LogP contribution in [0.5, 0.6) is 0 Å². The van der Waals surface area contributed by atoms with E-state index < -0.39 is 22.0 Å². The molecule has 2 atom stereocenters. The van der Waals surface area contributed by atoms with Gasteiger partial charge in [0.1, 0.15) is 5.69 Å². The van der Waals surface area contributed by atoms with Gasteiger partial charge in [-0.25, -0.2) is 13.1 Å². The third-order valence-corrected chi connectivity index (χ3v) is 7.96. The van der Waals surface area contributed by atoms with Crippen molar-refractivity contribution in [3.8, 4) is 16.9 Å². The topological polar surface area (TPSA) is 109 Å². The molecule has 4 heterocycles. The molecule has 33 heavy (non-hydrogen) atoms. The van der Waals surface area contributed by atoms with Crippen LogP contribution >= 0.6 is 0 Å². The molecule has 1 N–H and O–H groups in total. The van der Waals surface area contributed by atoms with Gasteiger partial charge in [0, 0.05) is 50.3 Å². The quantitative estimate of drug-likeness (QED) is 0.606. The molecule has 2 aromatic heterocycles. The number of aliphatic hydroxyl groups is 1. The minimum absolute atomic E-state index is 0.0306. The lowest BCUT2D eigenvalue weighted by atomic mass is 10.1. The summed E-state index contributed by atoms with van der Waals surface area (Å²) in [5.74, 6) is -0.351. The number of hydrogen-bond acceptors (Lipinski definition) is 7. The van der Waals surface area contributed by atoms with Crippen LogP contribution in [-0.2, 0) is 9.84 Å². The van der Waals surface area contributed by atoms with Crippen LogP contribution in [0.2, 0.25) is 0 Å². The molecule has 9 nitrogen and oxygen atoms in total. The van der Waals surface area contributed by atoms with Crippen LogP contribution in [0.4, 0.5) is 0 Å². The summed E-state index contributed by atoms with van der Waals surface area (Å²) in [7, 11) is -3.22. The Balaban J connectivity index is 1.38. The summed E-state index contributed by atoms with van der Waals surface area (Å²) in [6.45, 7) is 1.92. The monoisotopic (exact) mass is 467 g/mol. The van der Waals surface area contributed by atoms with Crippen molar-refractivity contribution < 1.29 is 18.3 Å². The average Bonchev–Trinajstić information content (AvgIpc) is 3.40. The maximum Gasteiger partial charge on any atom is 0.257 e. The Morgan fingerprint density at radius 1 is 1.00 bits per heavy atom. The van der Waals surface area contributed by atoms with Crippen molar-refractivity contribution >= 4 is 15.7 Å². The van der Waals surface area contributed by atoms with E-state index >= 15 is 0 Å². The van der Waals surface area contributed by atoms with E-state index in [1.165, 1.54) is 0 Å². The Morgan fingerprint density at radius 2 is 1.76 bits per heavy atom. The fraction of sp³-hybridized carbons (Fsp3) is 0.348. The summed E-state index contributed by atoms with van der Waals surface area (Å²) >= 11 is 0. The molecule has 2 saturated heterocycles. The highest BCUT2D eigenvalue weighted by Gasteiger charge is 2.41. The summed E-state index contributed by atoms with van der Waals surface area (Å²) in [5.41, 5.74) is 2.66. The number of nitrogens with zero attached hydrogens (tertiary/aromatic N) is 5. The molecule has 0 saturated carbocycles. The molecule has 0 radical (unpaired) electrons. The number of aromatic nitrogens is 3. The van der Waals surface area contributed by atoms with Crippen molar-refractivity contribution in [2.24, 2.45) is 0 Å². The molecule has 0 aliphatic carbocycles. The fourth-order valence-electron chi connectivity index (χ4n) is 4.55. The van der Waals surface area contributed by atoms with Gasteiger partial charge in [0.2, 0.25) is 0 Å². The van der Waals surface area contributed by atoms with Crippen molar-refractivity contribution in [2.75, 3.05) is 37.7 Å². The summed E-state index contributed by atoms with van der Waals surface area (Å²) in [5, 5.41) is 14.9. The van der Waals surface area contributed by atoms with Gasteiger partial charge in [-0.3, -0.25) is 14.7 Å². The van der Waals surface area contributed by atoms with Gasteiger partial charge >= 0.3 is 0 Å². The van der Waals surface area contributed by atoms with Crippen LogP contribution in [0, 0.1) is 0 Å². The van der Waals surface area contributed by atoms with Crippen molar-refractivity contribution in [2.45, 2.75) is 12.1 Å². The predicted octanol–water partition coefficient (Wildman–Crippen LogP) is 0.850. The number of aliphatic hydroxyl groups excluding tert-OH is 1. The van der Waals surface area contributed by atoms with Gasteiger partial charge in [0.15, 0.2) is 9.84 Å². The number of sulfone groups is 1. The zero-order valence-electron chi connectivity index (χ0n) is 18.0. The van der Waals surface area contributed by atoms with E-state index in [0.717, 1.165) is 11.3 Å². The molecule has 0 bridgehead atoms. The van der Waals surface area contributed by atoms with Gasteiger partial charge in [0.05, 0.1) is 34.9 Å². The molecule has 172 valence electrons. The molecule has 10 heteroatoms. The number of carbonyl (C=O) groups excluding carboxylic acids is 1. The fourth-order valence-corrected chi connectivity index (χ4v) is 6.38. The van der Waals surface area contributed by atoms with Crippen LogP contribution in [-0.4, -0.2) is 93.8 Å². The highest BCUT2D eigenvalue weighted by molar-refractivity contribution is 7.91. The van der Waals surface area contributed by atoms with E-state index in [0.29, 0.717) is 37.4 Å². The van der Waals surface area contributed by atoms with E-state index in [-0.39, 0.29) is 17.4 Å². The van der Waals surface area contributed by atoms with Crippen LogP contribution < -0.4 is 0 Å². The Kier molecular flexibility index (Phi) is 5.73. The van der Waals surface area contributed by atoms with Crippen molar-refractivity contribution in [3.05, 3.63) is 66.6 Å². The predicted molar refractivity (Wildman–Crippen MR) is 123 cm³/mol. The third-order valence-electron chi connectivity index (χ3n) is 6.26. The third kappa shape index (κ3) is 4.41. The molecule has 1 amide bonds. The minimum Gasteiger partial charge on any atom is -0.390 e. The maximum atomic E-state index is 13.5. The number of carbonyl (C=O) groups is 1. The summed E-state index contributed by atoms with van der Waals surface area (Å²) in [6.07, 6.45) is 4.24. The second kappa shape index (κ2) is 8.69. The number of pyridine rings is 1. The largest absolute Gasteiger partial charge is 0.390 e. The smallest absolute Gasteiger partial charge is 0.257 e. The number of rotatable bonds is 4. The molecule has 2 aliphatic heterocycles. The SMILES string of the molecule is O=C(c1cn(-c2ccccc2)nc1-c1cccnc1)N1CCN(C2CS(=O)(=O)CC2O)CC1. The number of piperazine rings is 1. The highest BCUT2D eigenvalue weighted by Crippen LogP contribution is 2.26. The highest BCUT2D eigenvalue weighted by atomic mass is 32.2. The molecule has 2 unspecified atom stereocenters. The van der Waals surface area contributed by atoms with Crippen LogP contribution in [0.1, 0.15) is 10.4 Å². The van der Waals surface area contributed by atoms with E-state index in [2.05, 4.69) is 10.1 Å². The van der Waals surface area contributed by atoms with E-state index in [9.17, 15) is 18.3 Å². The maximum absolute atomic E-state index is 13.5. The first-order valence-corrected chi connectivity index (χ1v) is 12.7. The molecular weight excluding hydrogens is 442 g/mol. The van der Waals surface area contributed by atoms with Crippen LogP contribution in [0.3, 0.4) is 0 Å².